The molecule has 2 heterocycles. The number of nitrogens with zero attached hydrogens (tertiary/aromatic N) is 2. The second kappa shape index (κ2) is 6.01. The number of carbonyl (C=O) groups is 1. The van der Waals surface area contributed by atoms with Crippen LogP contribution < -0.4 is 4.90 Å². The van der Waals surface area contributed by atoms with Crippen LogP contribution in [-0.4, -0.2) is 31.6 Å². The highest BCUT2D eigenvalue weighted by molar-refractivity contribution is 7.86. The molecular formula is C15H15FN2O3S2. The zero-order valence-electron chi connectivity index (χ0n) is 12.4. The fourth-order valence-electron chi connectivity index (χ4n) is 2.75. The van der Waals surface area contributed by atoms with Gasteiger partial charge < -0.3 is 4.90 Å². The van der Waals surface area contributed by atoms with Crippen molar-refractivity contribution in [1.29, 1.82) is 0 Å². The highest BCUT2D eigenvalue weighted by Gasteiger charge is 2.33. The molecular weight excluding hydrogens is 339 g/mol. The van der Waals surface area contributed by atoms with E-state index in [0.717, 1.165) is 16.3 Å². The summed E-state index contributed by atoms with van der Waals surface area (Å²) in [5, 5.41) is 2.90. The molecule has 1 amide bonds. The topological polar surface area (TPSA) is 67.3 Å². The zero-order valence-corrected chi connectivity index (χ0v) is 14.0. The lowest BCUT2D eigenvalue weighted by atomic mass is 10.1. The van der Waals surface area contributed by atoms with E-state index in [0.29, 0.717) is 5.69 Å². The van der Waals surface area contributed by atoms with E-state index in [1.807, 2.05) is 30.5 Å². The Labute approximate surface area is 138 Å². The SMILES string of the molecule is Cc1nc(-c2cccc(N3CC(CS(=O)(=O)F)CC3=O)c2)cs1. The van der Waals surface area contributed by atoms with Gasteiger partial charge in [0.25, 0.3) is 0 Å². The molecule has 3 rings (SSSR count). The number of aryl methyl sites for hydroxylation is 1. The van der Waals surface area contributed by atoms with Gasteiger partial charge in [0.05, 0.1) is 16.5 Å². The van der Waals surface area contributed by atoms with E-state index in [9.17, 15) is 17.1 Å². The normalized spacial score (nSPS) is 18.6. The highest BCUT2D eigenvalue weighted by atomic mass is 32.3. The van der Waals surface area contributed by atoms with Gasteiger partial charge in [-0.15, -0.1) is 15.2 Å². The minimum Gasteiger partial charge on any atom is -0.312 e. The highest BCUT2D eigenvalue weighted by Crippen LogP contribution is 2.30. The lowest BCUT2D eigenvalue weighted by molar-refractivity contribution is -0.117. The number of halogens is 1. The minimum absolute atomic E-state index is 0.0448. The summed E-state index contributed by atoms with van der Waals surface area (Å²) in [6.45, 7) is 2.13. The molecule has 122 valence electrons. The van der Waals surface area contributed by atoms with Crippen molar-refractivity contribution in [2.45, 2.75) is 13.3 Å². The first-order valence-electron chi connectivity index (χ1n) is 7.07. The van der Waals surface area contributed by atoms with Crippen LogP contribution in [0.3, 0.4) is 0 Å². The molecule has 1 fully saturated rings. The van der Waals surface area contributed by atoms with Crippen molar-refractivity contribution in [3.05, 3.63) is 34.7 Å². The number of carbonyl (C=O) groups excluding carboxylic acids is 1. The summed E-state index contributed by atoms with van der Waals surface area (Å²) in [4.78, 5) is 18.0. The number of aromatic nitrogens is 1. The van der Waals surface area contributed by atoms with Crippen LogP contribution in [0.5, 0.6) is 0 Å². The summed E-state index contributed by atoms with van der Waals surface area (Å²) in [5.74, 6) is -1.31. The molecule has 0 spiro atoms. The van der Waals surface area contributed by atoms with Crippen LogP contribution in [0.25, 0.3) is 11.3 Å². The Morgan fingerprint density at radius 1 is 1.43 bits per heavy atom. The Morgan fingerprint density at radius 2 is 2.22 bits per heavy atom. The molecule has 0 aliphatic carbocycles. The number of anilines is 1. The van der Waals surface area contributed by atoms with Crippen molar-refractivity contribution in [1.82, 2.24) is 4.98 Å². The van der Waals surface area contributed by atoms with Crippen molar-refractivity contribution in [2.24, 2.45) is 5.92 Å². The quantitative estimate of drug-likeness (QED) is 0.792. The van der Waals surface area contributed by atoms with Crippen LogP contribution in [0.15, 0.2) is 29.6 Å². The van der Waals surface area contributed by atoms with Crippen LogP contribution in [0.1, 0.15) is 11.4 Å². The predicted molar refractivity (Wildman–Crippen MR) is 87.6 cm³/mol. The maximum atomic E-state index is 12.8. The summed E-state index contributed by atoms with van der Waals surface area (Å²) in [6.07, 6.45) is 0.0448. The van der Waals surface area contributed by atoms with Gasteiger partial charge in [0.15, 0.2) is 0 Å². The smallest absolute Gasteiger partial charge is 0.302 e. The predicted octanol–water partition coefficient (Wildman–Crippen LogP) is 2.77. The summed E-state index contributed by atoms with van der Waals surface area (Å²) >= 11 is 1.54. The Bertz CT molecular complexity index is 848. The van der Waals surface area contributed by atoms with Crippen molar-refractivity contribution < 1.29 is 17.1 Å². The van der Waals surface area contributed by atoms with Gasteiger partial charge in [-0.25, -0.2) is 4.98 Å². The largest absolute Gasteiger partial charge is 0.312 e. The van der Waals surface area contributed by atoms with Crippen molar-refractivity contribution in [3.63, 3.8) is 0 Å². The first-order valence-corrected chi connectivity index (χ1v) is 9.50. The van der Waals surface area contributed by atoms with E-state index in [1.54, 1.807) is 17.4 Å². The van der Waals surface area contributed by atoms with Crippen molar-refractivity contribution in [2.75, 3.05) is 17.2 Å². The Morgan fingerprint density at radius 3 is 2.87 bits per heavy atom. The molecule has 0 N–H and O–H groups in total. The Balaban J connectivity index is 1.83. The van der Waals surface area contributed by atoms with E-state index in [1.165, 1.54) is 4.90 Å². The molecule has 2 aromatic rings. The number of rotatable bonds is 4. The van der Waals surface area contributed by atoms with E-state index < -0.39 is 21.9 Å². The lowest BCUT2D eigenvalue weighted by Gasteiger charge is -2.17. The van der Waals surface area contributed by atoms with Crippen LogP contribution in [0, 0.1) is 12.8 Å². The molecule has 1 atom stereocenters. The van der Waals surface area contributed by atoms with Crippen LogP contribution in [0.2, 0.25) is 0 Å². The van der Waals surface area contributed by atoms with Gasteiger partial charge in [-0.1, -0.05) is 12.1 Å². The zero-order chi connectivity index (χ0) is 16.6. The van der Waals surface area contributed by atoms with Crippen molar-refractivity contribution in [3.8, 4) is 11.3 Å². The number of benzene rings is 1. The minimum atomic E-state index is -4.57. The lowest BCUT2D eigenvalue weighted by Crippen LogP contribution is -2.25. The first-order chi connectivity index (χ1) is 10.8. The van der Waals surface area contributed by atoms with E-state index in [4.69, 9.17) is 0 Å². The molecule has 1 aromatic carbocycles. The molecule has 1 aromatic heterocycles. The molecule has 1 aliphatic rings. The van der Waals surface area contributed by atoms with Gasteiger partial charge in [-0.2, -0.15) is 8.42 Å². The fraction of sp³-hybridized carbons (Fsp3) is 0.333. The van der Waals surface area contributed by atoms with Gasteiger partial charge in [0.1, 0.15) is 0 Å². The standard InChI is InChI=1S/C15H15FN2O3S2/c1-10-17-14(8-22-10)12-3-2-4-13(6-12)18-7-11(5-15(18)19)9-23(16,20)21/h2-4,6,8,11H,5,7,9H2,1H3. The second-order valence-electron chi connectivity index (χ2n) is 5.58. The van der Waals surface area contributed by atoms with Crippen LogP contribution in [0.4, 0.5) is 9.57 Å². The molecule has 8 heteroatoms. The molecule has 1 aliphatic heterocycles. The number of amides is 1. The first kappa shape index (κ1) is 16.1. The molecule has 0 bridgehead atoms. The monoisotopic (exact) mass is 354 g/mol. The number of thiazole rings is 1. The number of hydrogen-bond acceptors (Lipinski definition) is 5. The van der Waals surface area contributed by atoms with Crippen LogP contribution >= 0.6 is 11.3 Å². The van der Waals surface area contributed by atoms with Gasteiger partial charge in [-0.05, 0) is 19.1 Å². The van der Waals surface area contributed by atoms with Gasteiger partial charge in [-0.3, -0.25) is 4.79 Å². The van der Waals surface area contributed by atoms with Crippen LogP contribution in [-0.2, 0) is 15.0 Å². The molecule has 5 nitrogen and oxygen atoms in total. The molecule has 0 radical (unpaired) electrons. The Kier molecular flexibility index (Phi) is 4.20. The number of hydrogen-bond donors (Lipinski definition) is 0. The third-order valence-electron chi connectivity index (χ3n) is 3.71. The molecule has 1 unspecified atom stereocenters. The van der Waals surface area contributed by atoms with Crippen molar-refractivity contribution >= 4 is 33.2 Å². The third kappa shape index (κ3) is 3.76. The fourth-order valence-corrected chi connectivity index (χ4v) is 4.16. The second-order valence-corrected chi connectivity index (χ2v) is 8.06. The van der Waals surface area contributed by atoms with E-state index in [2.05, 4.69) is 4.98 Å². The van der Waals surface area contributed by atoms with Gasteiger partial charge in [0.2, 0.25) is 5.91 Å². The average molecular weight is 354 g/mol. The van der Waals surface area contributed by atoms with E-state index >= 15 is 0 Å². The summed E-state index contributed by atoms with van der Waals surface area (Å²) in [7, 11) is -4.57. The Hall–Kier alpha value is -1.80. The van der Waals surface area contributed by atoms with Gasteiger partial charge in [0, 0.05) is 35.5 Å². The van der Waals surface area contributed by atoms with Gasteiger partial charge >= 0.3 is 10.2 Å². The van der Waals surface area contributed by atoms with E-state index in [-0.39, 0.29) is 18.9 Å². The third-order valence-corrected chi connectivity index (χ3v) is 5.36. The summed E-state index contributed by atoms with van der Waals surface area (Å²) in [5.41, 5.74) is 2.40. The summed E-state index contributed by atoms with van der Waals surface area (Å²) in [6, 6.07) is 7.36. The summed E-state index contributed by atoms with van der Waals surface area (Å²) < 4.78 is 34.4. The molecule has 1 saturated heterocycles. The molecule has 0 saturated carbocycles. The molecule has 23 heavy (non-hydrogen) atoms. The maximum Gasteiger partial charge on any atom is 0.302 e. The average Bonchev–Trinajstić information content (AvgIpc) is 3.03. The maximum absolute atomic E-state index is 12.8.